The molecule has 0 saturated carbocycles. The fraction of sp³-hybridized carbons (Fsp3) is 0.825. The summed E-state index contributed by atoms with van der Waals surface area (Å²) in [6.45, 7) is 6.57. The predicted octanol–water partition coefficient (Wildman–Crippen LogP) is 20.2. The Kier molecular flexibility index (Phi) is 55.7. The largest absolute Gasteiger partial charge is 0.462 e. The number of rotatable bonds is 55. The van der Waals surface area contributed by atoms with Crippen LogP contribution in [0.2, 0.25) is 0 Å². The molecule has 0 rings (SSSR count). The van der Waals surface area contributed by atoms with E-state index in [2.05, 4.69) is 69.4 Å². The van der Waals surface area contributed by atoms with Gasteiger partial charge in [0.15, 0.2) is 6.10 Å². The van der Waals surface area contributed by atoms with E-state index in [0.717, 1.165) is 89.9 Å². The molecule has 0 aromatic rings. The summed E-state index contributed by atoms with van der Waals surface area (Å²) in [6, 6.07) is 0. The lowest BCUT2D eigenvalue weighted by molar-refractivity contribution is -0.167. The minimum absolute atomic E-state index is 0.0728. The Morgan fingerprint density at radius 2 is 0.565 bits per heavy atom. The average Bonchev–Trinajstić information content (AvgIpc) is 3.35. The predicted molar refractivity (Wildman–Crippen MR) is 298 cm³/mol. The van der Waals surface area contributed by atoms with Crippen LogP contribution in [0.1, 0.15) is 316 Å². The van der Waals surface area contributed by atoms with Crippen LogP contribution in [0.3, 0.4) is 0 Å². The molecule has 0 N–H and O–H groups in total. The van der Waals surface area contributed by atoms with Crippen molar-refractivity contribution < 1.29 is 28.6 Å². The van der Waals surface area contributed by atoms with Crippen molar-refractivity contribution in [2.24, 2.45) is 0 Å². The van der Waals surface area contributed by atoms with E-state index in [1.807, 2.05) is 0 Å². The first kappa shape index (κ1) is 66.4. The summed E-state index contributed by atoms with van der Waals surface area (Å²) in [4.78, 5) is 38.2. The Balaban J connectivity index is 4.36. The van der Waals surface area contributed by atoms with Gasteiger partial charge in [-0.2, -0.15) is 0 Å². The molecule has 0 spiro atoms. The van der Waals surface area contributed by atoms with Crippen LogP contribution >= 0.6 is 0 Å². The topological polar surface area (TPSA) is 78.9 Å². The monoisotopic (exact) mass is 967 g/mol. The highest BCUT2D eigenvalue weighted by Gasteiger charge is 2.19. The van der Waals surface area contributed by atoms with Gasteiger partial charge < -0.3 is 14.2 Å². The van der Waals surface area contributed by atoms with Gasteiger partial charge in [0, 0.05) is 19.3 Å². The van der Waals surface area contributed by atoms with Gasteiger partial charge in [0.05, 0.1) is 0 Å². The SMILES string of the molecule is CC/C=C\C/C=C\C/C=C\C/C=C\CCCCCCCCC(=O)OCC(COC(=O)CCCCCCCCCCCCCCCCCC)OC(=O)CCCCCCCCCCCCCCCCCC. The highest BCUT2D eigenvalue weighted by atomic mass is 16.6. The standard InChI is InChI=1S/C63H114O6/c1-4-7-10-13-16-19-22-25-28-31-32-33-36-38-41-44-47-50-53-56-62(65)68-59-60(69-63(66)57-54-51-48-45-42-39-35-30-27-24-21-18-15-12-9-6-3)58-67-61(64)55-52-49-46-43-40-37-34-29-26-23-20-17-14-11-8-5-2/h7,10,16,19,25,28,32-33,60H,4-6,8-9,11-15,17-18,20-24,26-27,29-31,34-59H2,1-3H3/b10-7-,19-16-,28-25-,33-32-. The summed E-state index contributed by atoms with van der Waals surface area (Å²) in [5.41, 5.74) is 0. The van der Waals surface area contributed by atoms with Crippen LogP contribution in [0.4, 0.5) is 0 Å². The van der Waals surface area contributed by atoms with Gasteiger partial charge >= 0.3 is 17.9 Å². The third kappa shape index (κ3) is 56.2. The molecule has 0 radical (unpaired) electrons. The number of hydrogen-bond acceptors (Lipinski definition) is 6. The summed E-state index contributed by atoms with van der Waals surface area (Å²) < 4.78 is 16.9. The van der Waals surface area contributed by atoms with E-state index in [1.54, 1.807) is 0 Å². The fourth-order valence-corrected chi connectivity index (χ4v) is 8.85. The second-order valence-electron chi connectivity index (χ2n) is 20.2. The molecule has 0 aliphatic carbocycles. The molecule has 69 heavy (non-hydrogen) atoms. The Morgan fingerprint density at radius 3 is 0.884 bits per heavy atom. The van der Waals surface area contributed by atoms with Crippen LogP contribution in [-0.4, -0.2) is 37.2 Å². The molecule has 0 heterocycles. The number of allylic oxidation sites excluding steroid dienone is 8. The molecule has 0 fully saturated rings. The lowest BCUT2D eigenvalue weighted by Gasteiger charge is -2.18. The van der Waals surface area contributed by atoms with Crippen molar-refractivity contribution in [3.05, 3.63) is 48.6 Å². The summed E-state index contributed by atoms with van der Waals surface area (Å²) in [5, 5.41) is 0. The highest BCUT2D eigenvalue weighted by Crippen LogP contribution is 2.17. The minimum Gasteiger partial charge on any atom is -0.462 e. The van der Waals surface area contributed by atoms with Crippen LogP contribution in [0, 0.1) is 0 Å². The lowest BCUT2D eigenvalue weighted by Crippen LogP contribution is -2.30. The number of hydrogen-bond donors (Lipinski definition) is 0. The molecular weight excluding hydrogens is 853 g/mol. The Morgan fingerprint density at radius 1 is 0.304 bits per heavy atom. The molecule has 0 aromatic carbocycles. The minimum atomic E-state index is -0.776. The van der Waals surface area contributed by atoms with Gasteiger partial charge in [-0.1, -0.05) is 288 Å². The molecule has 0 amide bonds. The first-order valence-electron chi connectivity index (χ1n) is 30.1. The Labute approximate surface area is 428 Å². The maximum absolute atomic E-state index is 12.9. The second-order valence-corrected chi connectivity index (χ2v) is 20.2. The van der Waals surface area contributed by atoms with E-state index in [1.165, 1.54) is 186 Å². The average molecular weight is 968 g/mol. The van der Waals surface area contributed by atoms with Crippen LogP contribution in [-0.2, 0) is 28.6 Å². The van der Waals surface area contributed by atoms with E-state index in [0.29, 0.717) is 19.3 Å². The quantitative estimate of drug-likeness (QED) is 0.0262. The Hall–Kier alpha value is -2.63. The van der Waals surface area contributed by atoms with Gasteiger partial charge in [0.2, 0.25) is 0 Å². The normalized spacial score (nSPS) is 12.3. The van der Waals surface area contributed by atoms with Crippen LogP contribution in [0.25, 0.3) is 0 Å². The first-order valence-corrected chi connectivity index (χ1v) is 30.1. The maximum atomic E-state index is 12.9. The number of ether oxygens (including phenoxy) is 3. The van der Waals surface area contributed by atoms with Crippen molar-refractivity contribution in [3.63, 3.8) is 0 Å². The van der Waals surface area contributed by atoms with Gasteiger partial charge in [-0.3, -0.25) is 14.4 Å². The zero-order valence-corrected chi connectivity index (χ0v) is 46.1. The molecule has 0 saturated heterocycles. The van der Waals surface area contributed by atoms with Crippen LogP contribution < -0.4 is 0 Å². The summed E-state index contributed by atoms with van der Waals surface area (Å²) in [6.07, 6.45) is 71.0. The van der Waals surface area contributed by atoms with Crippen molar-refractivity contribution in [2.75, 3.05) is 13.2 Å². The molecule has 6 heteroatoms. The summed E-state index contributed by atoms with van der Waals surface area (Å²) >= 11 is 0. The van der Waals surface area contributed by atoms with Gasteiger partial charge in [0.1, 0.15) is 13.2 Å². The molecule has 0 aromatic heterocycles. The van der Waals surface area contributed by atoms with Gasteiger partial charge in [-0.25, -0.2) is 0 Å². The van der Waals surface area contributed by atoms with Crippen molar-refractivity contribution >= 4 is 17.9 Å². The molecule has 1 atom stereocenters. The van der Waals surface area contributed by atoms with E-state index in [9.17, 15) is 14.4 Å². The van der Waals surface area contributed by atoms with Crippen LogP contribution in [0.5, 0.6) is 0 Å². The van der Waals surface area contributed by atoms with E-state index in [4.69, 9.17) is 14.2 Å². The Bertz CT molecular complexity index is 1200. The number of esters is 3. The van der Waals surface area contributed by atoms with Crippen molar-refractivity contribution in [1.82, 2.24) is 0 Å². The third-order valence-corrected chi connectivity index (χ3v) is 13.3. The lowest BCUT2D eigenvalue weighted by atomic mass is 10.0. The zero-order chi connectivity index (χ0) is 50.0. The molecule has 402 valence electrons. The van der Waals surface area contributed by atoms with Crippen LogP contribution in [0.15, 0.2) is 48.6 Å². The second kappa shape index (κ2) is 57.9. The zero-order valence-electron chi connectivity index (χ0n) is 46.1. The number of unbranched alkanes of at least 4 members (excludes halogenated alkanes) is 36. The molecule has 6 nitrogen and oxygen atoms in total. The van der Waals surface area contributed by atoms with Crippen molar-refractivity contribution in [3.8, 4) is 0 Å². The summed E-state index contributed by atoms with van der Waals surface area (Å²) in [7, 11) is 0. The molecular formula is C63H114O6. The molecule has 0 aliphatic rings. The molecule has 0 aliphatic heterocycles. The summed E-state index contributed by atoms with van der Waals surface area (Å²) in [5.74, 6) is -0.867. The molecule has 0 bridgehead atoms. The van der Waals surface area contributed by atoms with E-state index >= 15 is 0 Å². The third-order valence-electron chi connectivity index (χ3n) is 13.3. The van der Waals surface area contributed by atoms with E-state index < -0.39 is 6.10 Å². The fourth-order valence-electron chi connectivity index (χ4n) is 8.85. The molecule has 1 unspecified atom stereocenters. The maximum Gasteiger partial charge on any atom is 0.306 e. The van der Waals surface area contributed by atoms with Gasteiger partial charge in [0.25, 0.3) is 0 Å². The highest BCUT2D eigenvalue weighted by molar-refractivity contribution is 5.71. The number of carbonyl (C=O) groups is 3. The van der Waals surface area contributed by atoms with Crippen molar-refractivity contribution in [1.29, 1.82) is 0 Å². The van der Waals surface area contributed by atoms with Crippen molar-refractivity contribution in [2.45, 2.75) is 322 Å². The first-order chi connectivity index (χ1) is 34.0. The number of carbonyl (C=O) groups excluding carboxylic acids is 3. The van der Waals surface area contributed by atoms with Gasteiger partial charge in [-0.15, -0.1) is 0 Å². The van der Waals surface area contributed by atoms with Gasteiger partial charge in [-0.05, 0) is 57.8 Å². The smallest absolute Gasteiger partial charge is 0.306 e. The van der Waals surface area contributed by atoms with E-state index in [-0.39, 0.29) is 31.1 Å².